The summed E-state index contributed by atoms with van der Waals surface area (Å²) in [6, 6.07) is 1.99. The van der Waals surface area contributed by atoms with E-state index in [9.17, 15) is 4.79 Å². The van der Waals surface area contributed by atoms with E-state index in [0.29, 0.717) is 29.1 Å². The molecule has 0 bridgehead atoms. The van der Waals surface area contributed by atoms with E-state index in [1.165, 1.54) is 10.7 Å². The van der Waals surface area contributed by atoms with Crippen molar-refractivity contribution in [3.05, 3.63) is 28.2 Å². The average molecular weight is 279 g/mol. The smallest absolute Gasteiger partial charge is 0.310 e. The Morgan fingerprint density at radius 2 is 2.37 bits per heavy atom. The minimum Gasteiger partial charge on any atom is -0.466 e. The molecule has 19 heavy (non-hydrogen) atoms. The molecule has 2 aromatic heterocycles. The zero-order valence-electron chi connectivity index (χ0n) is 10.5. The molecule has 98 valence electrons. The van der Waals surface area contributed by atoms with Crippen LogP contribution in [0.2, 0.25) is 5.15 Å². The summed E-state index contributed by atoms with van der Waals surface area (Å²) in [6.45, 7) is 3.78. The van der Waals surface area contributed by atoms with Gasteiger partial charge in [-0.3, -0.25) is 4.79 Å². The van der Waals surface area contributed by atoms with E-state index in [2.05, 4.69) is 10.1 Å². The molecule has 0 fully saturated rings. The van der Waals surface area contributed by atoms with Gasteiger partial charge in [-0.25, -0.2) is 9.50 Å². The van der Waals surface area contributed by atoms with Crippen molar-refractivity contribution in [2.45, 2.75) is 20.3 Å². The van der Waals surface area contributed by atoms with Crippen molar-refractivity contribution in [3.8, 4) is 6.07 Å². The number of esters is 1. The predicted molar refractivity (Wildman–Crippen MR) is 67.8 cm³/mol. The van der Waals surface area contributed by atoms with Crippen LogP contribution in [0.5, 0.6) is 0 Å². The standard InChI is InChI=1S/C12H11ClN4O2/c1-3-19-10(18)4-9-7(2)16-12-8(5-14)6-15-17(12)11(9)13/h6H,3-4H2,1-2H3. The fraction of sp³-hybridized carbons (Fsp3) is 0.333. The number of rotatable bonds is 3. The van der Waals surface area contributed by atoms with E-state index in [-0.39, 0.29) is 17.5 Å². The third-order valence-electron chi connectivity index (χ3n) is 2.64. The van der Waals surface area contributed by atoms with Crippen LogP contribution in [0.15, 0.2) is 6.20 Å². The Hall–Kier alpha value is -2.13. The predicted octanol–water partition coefficient (Wildman–Crippen LogP) is 1.67. The van der Waals surface area contributed by atoms with Crippen molar-refractivity contribution in [1.82, 2.24) is 14.6 Å². The number of hydrogen-bond acceptors (Lipinski definition) is 5. The lowest BCUT2D eigenvalue weighted by molar-refractivity contribution is -0.142. The van der Waals surface area contributed by atoms with Gasteiger partial charge in [-0.2, -0.15) is 10.4 Å². The van der Waals surface area contributed by atoms with Crippen LogP contribution in [-0.2, 0) is 16.0 Å². The zero-order chi connectivity index (χ0) is 14.0. The summed E-state index contributed by atoms with van der Waals surface area (Å²) in [5.41, 5.74) is 1.87. The SMILES string of the molecule is CCOC(=O)Cc1c(C)nc2c(C#N)cnn2c1Cl. The van der Waals surface area contributed by atoms with Crippen LogP contribution in [0.4, 0.5) is 0 Å². The minimum atomic E-state index is -0.374. The number of nitriles is 1. The average Bonchev–Trinajstić information content (AvgIpc) is 2.77. The van der Waals surface area contributed by atoms with Crippen LogP contribution >= 0.6 is 11.6 Å². The summed E-state index contributed by atoms with van der Waals surface area (Å²) in [5.74, 6) is -0.374. The van der Waals surface area contributed by atoms with Gasteiger partial charge in [0.2, 0.25) is 0 Å². The van der Waals surface area contributed by atoms with Gasteiger partial charge >= 0.3 is 5.97 Å². The van der Waals surface area contributed by atoms with Gasteiger partial charge in [-0.15, -0.1) is 0 Å². The second-order valence-electron chi connectivity index (χ2n) is 3.85. The number of halogens is 1. The van der Waals surface area contributed by atoms with Crippen molar-refractivity contribution in [2.24, 2.45) is 0 Å². The molecule has 0 spiro atoms. The molecule has 0 saturated carbocycles. The van der Waals surface area contributed by atoms with Gasteiger partial charge in [0.25, 0.3) is 0 Å². The second kappa shape index (κ2) is 5.24. The molecule has 0 saturated heterocycles. The van der Waals surface area contributed by atoms with Crippen LogP contribution in [0, 0.1) is 18.3 Å². The van der Waals surface area contributed by atoms with E-state index in [1.54, 1.807) is 13.8 Å². The Labute approximate surface area is 114 Å². The Bertz CT molecular complexity index is 687. The molecule has 6 nitrogen and oxygen atoms in total. The molecule has 0 aromatic carbocycles. The van der Waals surface area contributed by atoms with Crippen molar-refractivity contribution >= 4 is 23.2 Å². The fourth-order valence-electron chi connectivity index (χ4n) is 1.73. The van der Waals surface area contributed by atoms with E-state index in [1.807, 2.05) is 6.07 Å². The summed E-state index contributed by atoms with van der Waals surface area (Å²) in [5, 5.41) is 13.2. The van der Waals surface area contributed by atoms with Crippen molar-refractivity contribution in [3.63, 3.8) is 0 Å². The highest BCUT2D eigenvalue weighted by Crippen LogP contribution is 2.22. The Morgan fingerprint density at radius 1 is 1.63 bits per heavy atom. The topological polar surface area (TPSA) is 80.3 Å². The monoisotopic (exact) mass is 278 g/mol. The fourth-order valence-corrected chi connectivity index (χ4v) is 2.06. The van der Waals surface area contributed by atoms with Crippen LogP contribution in [0.1, 0.15) is 23.7 Å². The first kappa shape index (κ1) is 13.3. The molecule has 0 unspecified atom stereocenters. The maximum atomic E-state index is 11.5. The van der Waals surface area contributed by atoms with Crippen LogP contribution < -0.4 is 0 Å². The summed E-state index contributed by atoms with van der Waals surface area (Å²) in [4.78, 5) is 15.8. The molecule has 7 heteroatoms. The maximum Gasteiger partial charge on any atom is 0.310 e. The van der Waals surface area contributed by atoms with Crippen LogP contribution in [0.3, 0.4) is 0 Å². The van der Waals surface area contributed by atoms with Gasteiger partial charge in [0.1, 0.15) is 16.8 Å². The maximum absolute atomic E-state index is 11.5. The Morgan fingerprint density at radius 3 is 3.00 bits per heavy atom. The van der Waals surface area contributed by atoms with E-state index >= 15 is 0 Å². The molecule has 0 N–H and O–H groups in total. The van der Waals surface area contributed by atoms with Gasteiger partial charge in [-0.05, 0) is 13.8 Å². The summed E-state index contributed by atoms with van der Waals surface area (Å²) in [6.07, 6.45) is 1.42. The van der Waals surface area contributed by atoms with Gasteiger partial charge in [0.15, 0.2) is 5.65 Å². The van der Waals surface area contributed by atoms with E-state index in [0.717, 1.165) is 0 Å². The first-order valence-electron chi connectivity index (χ1n) is 5.67. The molecule has 2 aromatic rings. The molecular formula is C12H11ClN4O2. The van der Waals surface area contributed by atoms with Crippen LogP contribution in [-0.4, -0.2) is 27.2 Å². The second-order valence-corrected chi connectivity index (χ2v) is 4.21. The Balaban J connectivity index is 2.52. The summed E-state index contributed by atoms with van der Waals surface area (Å²) < 4.78 is 6.24. The van der Waals surface area contributed by atoms with Gasteiger partial charge in [0, 0.05) is 11.3 Å². The van der Waals surface area contributed by atoms with E-state index < -0.39 is 0 Å². The number of carbonyl (C=O) groups excluding carboxylic acids is 1. The highest BCUT2D eigenvalue weighted by Gasteiger charge is 2.17. The first-order chi connectivity index (χ1) is 9.08. The number of aromatic nitrogens is 3. The number of fused-ring (bicyclic) bond motifs is 1. The summed E-state index contributed by atoms with van der Waals surface area (Å²) in [7, 11) is 0. The molecular weight excluding hydrogens is 268 g/mol. The number of aryl methyl sites for hydroxylation is 1. The molecule has 2 heterocycles. The van der Waals surface area contributed by atoms with Crippen molar-refractivity contribution < 1.29 is 9.53 Å². The molecule has 0 atom stereocenters. The number of ether oxygens (including phenoxy) is 1. The van der Waals surface area contributed by atoms with Gasteiger partial charge < -0.3 is 4.74 Å². The highest BCUT2D eigenvalue weighted by molar-refractivity contribution is 6.30. The normalized spacial score (nSPS) is 10.4. The molecule has 0 aliphatic heterocycles. The molecule has 0 aliphatic rings. The summed E-state index contributed by atoms with van der Waals surface area (Å²) >= 11 is 6.20. The quantitative estimate of drug-likeness (QED) is 0.630. The van der Waals surface area contributed by atoms with E-state index in [4.69, 9.17) is 21.6 Å². The highest BCUT2D eigenvalue weighted by atomic mass is 35.5. The molecule has 0 aliphatic carbocycles. The first-order valence-corrected chi connectivity index (χ1v) is 6.04. The zero-order valence-corrected chi connectivity index (χ0v) is 11.2. The van der Waals surface area contributed by atoms with Crippen LogP contribution in [0.25, 0.3) is 5.65 Å². The minimum absolute atomic E-state index is 0.0309. The Kier molecular flexibility index (Phi) is 3.67. The third-order valence-corrected chi connectivity index (χ3v) is 3.02. The molecule has 0 radical (unpaired) electrons. The largest absolute Gasteiger partial charge is 0.466 e. The molecule has 0 amide bonds. The number of carbonyl (C=O) groups is 1. The number of nitrogens with zero attached hydrogens (tertiary/aromatic N) is 4. The lowest BCUT2D eigenvalue weighted by Crippen LogP contribution is -2.12. The lowest BCUT2D eigenvalue weighted by Gasteiger charge is -2.08. The van der Waals surface area contributed by atoms with Crippen molar-refractivity contribution in [2.75, 3.05) is 6.61 Å². The molecule has 2 rings (SSSR count). The van der Waals surface area contributed by atoms with Crippen molar-refractivity contribution in [1.29, 1.82) is 5.26 Å². The lowest BCUT2D eigenvalue weighted by atomic mass is 10.2. The van der Waals surface area contributed by atoms with Gasteiger partial charge in [-0.1, -0.05) is 11.6 Å². The number of hydrogen-bond donors (Lipinski definition) is 0. The van der Waals surface area contributed by atoms with Gasteiger partial charge in [0.05, 0.1) is 19.2 Å². The third kappa shape index (κ3) is 2.37.